The number of phenols is 1. The molecule has 1 aromatic rings. The first-order valence-corrected chi connectivity index (χ1v) is 8.03. The number of hydrogen-bond donors (Lipinski definition) is 1. The predicted molar refractivity (Wildman–Crippen MR) is 86.1 cm³/mol. The van der Waals surface area contributed by atoms with Crippen molar-refractivity contribution in [2.24, 2.45) is 0 Å². The third-order valence-electron chi connectivity index (χ3n) is 4.30. The molecule has 122 valence electrons. The lowest BCUT2D eigenvalue weighted by Crippen LogP contribution is -2.51. The van der Waals surface area contributed by atoms with Crippen molar-refractivity contribution in [1.29, 1.82) is 0 Å². The number of benzene rings is 1. The highest BCUT2D eigenvalue weighted by molar-refractivity contribution is 5.76. The summed E-state index contributed by atoms with van der Waals surface area (Å²) in [6, 6.07) is 7.14. The van der Waals surface area contributed by atoms with E-state index in [-0.39, 0.29) is 11.7 Å². The quantitative estimate of drug-likeness (QED) is 0.874. The van der Waals surface area contributed by atoms with E-state index in [1.807, 2.05) is 4.90 Å². The van der Waals surface area contributed by atoms with Gasteiger partial charge in [0, 0.05) is 32.2 Å². The van der Waals surface area contributed by atoms with E-state index in [4.69, 9.17) is 4.74 Å². The molecule has 2 rings (SSSR count). The molecule has 1 aliphatic heterocycles. The summed E-state index contributed by atoms with van der Waals surface area (Å²) in [5.74, 6) is 1.04. The summed E-state index contributed by atoms with van der Waals surface area (Å²) in [6.07, 6.45) is 1.54. The van der Waals surface area contributed by atoms with Crippen LogP contribution in [0.5, 0.6) is 11.5 Å². The lowest BCUT2D eigenvalue weighted by atomic mass is 10.2. The normalized spacial score (nSPS) is 17.3. The van der Waals surface area contributed by atoms with Crippen LogP contribution in [0.1, 0.15) is 26.7 Å². The monoisotopic (exact) mass is 306 g/mol. The molecular weight excluding hydrogens is 280 g/mol. The Labute approximate surface area is 132 Å². The van der Waals surface area contributed by atoms with Crippen LogP contribution in [0.3, 0.4) is 0 Å². The van der Waals surface area contributed by atoms with Crippen LogP contribution in [0.4, 0.5) is 0 Å². The number of ether oxygens (including phenoxy) is 1. The summed E-state index contributed by atoms with van der Waals surface area (Å²) in [7, 11) is 0. The minimum absolute atomic E-state index is 0.155. The molecule has 5 nitrogen and oxygen atoms in total. The van der Waals surface area contributed by atoms with Gasteiger partial charge in [0.25, 0.3) is 0 Å². The fourth-order valence-electron chi connectivity index (χ4n) is 2.63. The molecule has 0 saturated carbocycles. The van der Waals surface area contributed by atoms with Crippen LogP contribution in [0.25, 0.3) is 0 Å². The van der Waals surface area contributed by atoms with E-state index in [1.165, 1.54) is 0 Å². The number of amides is 1. The summed E-state index contributed by atoms with van der Waals surface area (Å²) in [6.45, 7) is 8.34. The zero-order chi connectivity index (χ0) is 15.9. The van der Waals surface area contributed by atoms with Gasteiger partial charge < -0.3 is 14.7 Å². The first-order chi connectivity index (χ1) is 10.6. The molecule has 1 fully saturated rings. The second-order valence-electron chi connectivity index (χ2n) is 5.77. The van der Waals surface area contributed by atoms with Crippen molar-refractivity contribution < 1.29 is 14.6 Å². The maximum Gasteiger partial charge on any atom is 0.226 e. The molecule has 1 N–H and O–H groups in total. The van der Waals surface area contributed by atoms with Crippen LogP contribution in [0.15, 0.2) is 24.3 Å². The summed E-state index contributed by atoms with van der Waals surface area (Å²) in [5, 5.41) is 9.20. The smallest absolute Gasteiger partial charge is 0.226 e. The Morgan fingerprint density at radius 2 is 1.86 bits per heavy atom. The molecule has 1 amide bonds. The zero-order valence-corrected chi connectivity index (χ0v) is 13.5. The standard InChI is InChI=1S/C17H26N2O3/c1-3-14(2)18-9-11-19(12-10-18)17(21)8-13-22-16-6-4-15(20)5-7-16/h4-7,14,20H,3,8-13H2,1-2H3. The van der Waals surface area contributed by atoms with Crippen LogP contribution in [0.2, 0.25) is 0 Å². The number of hydrogen-bond acceptors (Lipinski definition) is 4. The maximum atomic E-state index is 12.2. The van der Waals surface area contributed by atoms with E-state index in [0.29, 0.717) is 24.8 Å². The van der Waals surface area contributed by atoms with Gasteiger partial charge in [-0.2, -0.15) is 0 Å². The first kappa shape index (κ1) is 16.6. The number of aromatic hydroxyl groups is 1. The average molecular weight is 306 g/mol. The highest BCUT2D eigenvalue weighted by Crippen LogP contribution is 2.16. The molecule has 0 aliphatic carbocycles. The number of carbonyl (C=O) groups is 1. The molecule has 0 radical (unpaired) electrons. The van der Waals surface area contributed by atoms with Crippen LogP contribution >= 0.6 is 0 Å². The Morgan fingerprint density at radius 3 is 2.45 bits per heavy atom. The van der Waals surface area contributed by atoms with E-state index >= 15 is 0 Å². The van der Waals surface area contributed by atoms with Crippen LogP contribution < -0.4 is 4.74 Å². The van der Waals surface area contributed by atoms with Crippen LogP contribution in [0, 0.1) is 0 Å². The summed E-state index contributed by atoms with van der Waals surface area (Å²) < 4.78 is 5.53. The van der Waals surface area contributed by atoms with Crippen LogP contribution in [-0.4, -0.2) is 59.6 Å². The third-order valence-corrected chi connectivity index (χ3v) is 4.30. The van der Waals surface area contributed by atoms with Crippen molar-refractivity contribution in [3.63, 3.8) is 0 Å². The number of nitrogens with zero attached hydrogens (tertiary/aromatic N) is 2. The van der Waals surface area contributed by atoms with Gasteiger partial charge in [0.15, 0.2) is 0 Å². The van der Waals surface area contributed by atoms with Gasteiger partial charge in [-0.05, 0) is 37.6 Å². The molecule has 0 aromatic heterocycles. The molecule has 5 heteroatoms. The molecule has 22 heavy (non-hydrogen) atoms. The number of carbonyl (C=O) groups excluding carboxylic acids is 1. The molecule has 1 atom stereocenters. The summed E-state index contributed by atoms with van der Waals surface area (Å²) in [4.78, 5) is 16.5. The van der Waals surface area contributed by atoms with E-state index in [0.717, 1.165) is 32.6 Å². The number of rotatable bonds is 6. The average Bonchev–Trinajstić information content (AvgIpc) is 2.56. The topological polar surface area (TPSA) is 53.0 Å². The Hall–Kier alpha value is -1.75. The molecule has 1 aliphatic rings. The van der Waals surface area contributed by atoms with Gasteiger partial charge in [0.1, 0.15) is 11.5 Å². The van der Waals surface area contributed by atoms with Gasteiger partial charge >= 0.3 is 0 Å². The van der Waals surface area contributed by atoms with Gasteiger partial charge in [-0.15, -0.1) is 0 Å². The van der Waals surface area contributed by atoms with Crippen molar-refractivity contribution in [3.8, 4) is 11.5 Å². The molecule has 0 spiro atoms. The maximum absolute atomic E-state index is 12.2. The molecular formula is C17H26N2O3. The van der Waals surface area contributed by atoms with E-state index in [9.17, 15) is 9.90 Å². The van der Waals surface area contributed by atoms with Crippen molar-refractivity contribution in [1.82, 2.24) is 9.80 Å². The van der Waals surface area contributed by atoms with Gasteiger partial charge in [0.2, 0.25) is 5.91 Å². The lowest BCUT2D eigenvalue weighted by Gasteiger charge is -2.37. The Balaban J connectivity index is 1.69. The second kappa shape index (κ2) is 8.03. The zero-order valence-electron chi connectivity index (χ0n) is 13.5. The largest absolute Gasteiger partial charge is 0.508 e. The Morgan fingerprint density at radius 1 is 1.23 bits per heavy atom. The third kappa shape index (κ3) is 4.63. The molecule has 1 heterocycles. The molecule has 0 bridgehead atoms. The Bertz CT molecular complexity index is 467. The van der Waals surface area contributed by atoms with Crippen molar-refractivity contribution in [2.75, 3.05) is 32.8 Å². The number of piperazine rings is 1. The second-order valence-corrected chi connectivity index (χ2v) is 5.77. The fraction of sp³-hybridized carbons (Fsp3) is 0.588. The molecule has 1 unspecified atom stereocenters. The van der Waals surface area contributed by atoms with Gasteiger partial charge in [-0.1, -0.05) is 6.92 Å². The minimum Gasteiger partial charge on any atom is -0.508 e. The predicted octanol–water partition coefficient (Wildman–Crippen LogP) is 2.10. The van der Waals surface area contributed by atoms with Crippen LogP contribution in [-0.2, 0) is 4.79 Å². The SMILES string of the molecule is CCC(C)N1CCN(C(=O)CCOc2ccc(O)cc2)CC1. The fourth-order valence-corrected chi connectivity index (χ4v) is 2.63. The van der Waals surface area contributed by atoms with E-state index in [1.54, 1.807) is 24.3 Å². The first-order valence-electron chi connectivity index (χ1n) is 8.03. The molecule has 1 aromatic carbocycles. The summed E-state index contributed by atoms with van der Waals surface area (Å²) >= 11 is 0. The van der Waals surface area contributed by atoms with Gasteiger partial charge in [0.05, 0.1) is 13.0 Å². The lowest BCUT2D eigenvalue weighted by molar-refractivity contribution is -0.133. The van der Waals surface area contributed by atoms with E-state index in [2.05, 4.69) is 18.7 Å². The molecule has 1 saturated heterocycles. The van der Waals surface area contributed by atoms with Crippen molar-refractivity contribution in [2.45, 2.75) is 32.7 Å². The van der Waals surface area contributed by atoms with Crippen molar-refractivity contribution in [3.05, 3.63) is 24.3 Å². The minimum atomic E-state index is 0.155. The highest BCUT2D eigenvalue weighted by Gasteiger charge is 2.22. The van der Waals surface area contributed by atoms with Gasteiger partial charge in [-0.3, -0.25) is 9.69 Å². The Kier molecular flexibility index (Phi) is 6.07. The van der Waals surface area contributed by atoms with Gasteiger partial charge in [-0.25, -0.2) is 0 Å². The summed E-state index contributed by atoms with van der Waals surface area (Å²) in [5.41, 5.74) is 0. The number of phenolic OH excluding ortho intramolecular Hbond substituents is 1. The highest BCUT2D eigenvalue weighted by atomic mass is 16.5. The van der Waals surface area contributed by atoms with Crippen molar-refractivity contribution >= 4 is 5.91 Å². The van der Waals surface area contributed by atoms with E-state index < -0.39 is 0 Å².